The summed E-state index contributed by atoms with van der Waals surface area (Å²) < 4.78 is 63.3. The first-order valence-corrected chi connectivity index (χ1v) is 24.4. The highest BCUT2D eigenvalue weighted by Crippen LogP contribution is 2.47. The van der Waals surface area contributed by atoms with E-state index in [0.29, 0.717) is 5.57 Å². The molecular weight excluding hydrogens is 1020 g/mol. The molecule has 0 aliphatic carbocycles. The Balaban J connectivity index is 0.000000299. The molecule has 33 nitrogen and oxygen atoms in total. The molecule has 13 N–H and O–H groups in total. The number of aliphatic carboxylic acids is 3. The predicted octanol–water partition coefficient (Wildman–Crippen LogP) is -6.08. The van der Waals surface area contributed by atoms with Crippen LogP contribution >= 0.6 is 23.3 Å². The SMILES string of the molecule is C[C@]1(Cn2ccnn2)[C@H](C(=O)O)N2C(=O)C[C@H]2S1(=O)=O.Cn1c(N)c(NC(=O)NCCN)c[n+]1CC1=C(C(=O)[O-])N2C(=O)[C@@H](NC(=O)/C(=N\OC(C)(C)C(=O)O)c3nsc(N)n3)[C@H]2SC1.O=S(=O)(O)O. The number of urea groups is 1. The molecule has 7 heterocycles. The average molecular weight is 1070 g/mol. The Hall–Kier alpha value is -7.06. The summed E-state index contributed by atoms with van der Waals surface area (Å²) in [5, 5.41) is 47.6. The third-order valence-electron chi connectivity index (χ3n) is 10.6. The predicted molar refractivity (Wildman–Crippen MR) is 235 cm³/mol. The summed E-state index contributed by atoms with van der Waals surface area (Å²) in [7, 11) is -6.86. The number of hydrogen-bond acceptors (Lipinski definition) is 23. The maximum Gasteiger partial charge on any atom is 0.394 e. The lowest BCUT2D eigenvalue weighted by atomic mass is 9.96. The molecule has 3 aromatic heterocycles. The number of β-lactam (4-membered cyclic amide) rings is 2. The van der Waals surface area contributed by atoms with Crippen molar-refractivity contribution in [2.45, 2.75) is 73.5 Å². The minimum atomic E-state index is -4.67. The number of hydrogen-bond donors (Lipinski definition) is 10. The topological polar surface area (TPSA) is 499 Å². The Morgan fingerprint density at radius 2 is 1.81 bits per heavy atom. The number of rotatable bonds is 15. The zero-order chi connectivity index (χ0) is 52.4. The number of carbonyl (C=O) groups excluding carboxylic acids is 5. The van der Waals surface area contributed by atoms with Crippen LogP contribution in [0.25, 0.3) is 0 Å². The van der Waals surface area contributed by atoms with Gasteiger partial charge in [0.1, 0.15) is 21.5 Å². The molecule has 3 fully saturated rings. The number of carboxylic acids is 3. The van der Waals surface area contributed by atoms with Crippen molar-refractivity contribution in [1.82, 2.24) is 49.5 Å². The van der Waals surface area contributed by atoms with Crippen molar-refractivity contribution in [3.63, 3.8) is 0 Å². The molecular formula is C33H44N16O17S4. The molecule has 382 valence electrons. The smallest absolute Gasteiger partial charge is 0.394 e. The van der Waals surface area contributed by atoms with Gasteiger partial charge in [-0.05, 0) is 20.8 Å². The van der Waals surface area contributed by atoms with Gasteiger partial charge < -0.3 is 57.7 Å². The Bertz CT molecular complexity index is 2880. The summed E-state index contributed by atoms with van der Waals surface area (Å²) in [4.78, 5) is 96.1. The fourth-order valence-electron chi connectivity index (χ4n) is 7.05. The molecule has 0 radical (unpaired) electrons. The Labute approximate surface area is 402 Å². The molecule has 0 unspecified atom stereocenters. The van der Waals surface area contributed by atoms with E-state index in [4.69, 9.17) is 39.6 Å². The number of anilines is 3. The zero-order valence-corrected chi connectivity index (χ0v) is 40.0. The van der Waals surface area contributed by atoms with Gasteiger partial charge in [-0.1, -0.05) is 10.4 Å². The zero-order valence-electron chi connectivity index (χ0n) is 36.7. The number of thioether (sulfide) groups is 1. The number of amides is 5. The summed E-state index contributed by atoms with van der Waals surface area (Å²) in [5.74, 6) is -6.44. The van der Waals surface area contributed by atoms with Crippen LogP contribution < -0.4 is 42.9 Å². The third kappa shape index (κ3) is 11.2. The molecule has 4 aliphatic rings. The van der Waals surface area contributed by atoms with Crippen LogP contribution in [0.5, 0.6) is 0 Å². The number of carbonyl (C=O) groups is 7. The highest BCUT2D eigenvalue weighted by atomic mass is 32.3. The second-order valence-corrected chi connectivity index (χ2v) is 21.1. The summed E-state index contributed by atoms with van der Waals surface area (Å²) >= 11 is 1.93. The first-order chi connectivity index (χ1) is 32.4. The van der Waals surface area contributed by atoms with Crippen LogP contribution in [-0.2, 0) is 74.0 Å². The monoisotopic (exact) mass is 1060 g/mol. The van der Waals surface area contributed by atoms with Crippen LogP contribution in [-0.4, -0.2) is 174 Å². The molecule has 5 atom stereocenters. The molecule has 0 bridgehead atoms. The summed E-state index contributed by atoms with van der Waals surface area (Å²) in [6.45, 7) is 4.04. The van der Waals surface area contributed by atoms with E-state index in [9.17, 15) is 57.3 Å². The molecule has 3 aromatic rings. The van der Waals surface area contributed by atoms with Gasteiger partial charge in [0.05, 0.1) is 37.9 Å². The van der Waals surface area contributed by atoms with E-state index in [1.807, 2.05) is 0 Å². The second-order valence-electron chi connectivity index (χ2n) is 15.7. The first-order valence-electron chi connectivity index (χ1n) is 19.6. The third-order valence-corrected chi connectivity index (χ3v) is 15.2. The summed E-state index contributed by atoms with van der Waals surface area (Å²) in [6, 6.07) is -3.12. The number of fused-ring (bicyclic) bond motifs is 2. The van der Waals surface area contributed by atoms with Gasteiger partial charge in [-0.25, -0.2) is 22.8 Å². The van der Waals surface area contributed by atoms with Crippen molar-refractivity contribution in [3.05, 3.63) is 35.7 Å². The van der Waals surface area contributed by atoms with Gasteiger partial charge in [0.15, 0.2) is 39.1 Å². The van der Waals surface area contributed by atoms with Crippen molar-refractivity contribution >= 4 is 108 Å². The highest BCUT2D eigenvalue weighted by molar-refractivity contribution is 8.00. The van der Waals surface area contributed by atoms with Gasteiger partial charge in [0.2, 0.25) is 29.2 Å². The van der Waals surface area contributed by atoms with Gasteiger partial charge in [-0.3, -0.25) is 38.4 Å². The lowest BCUT2D eigenvalue weighted by Gasteiger charge is -2.50. The van der Waals surface area contributed by atoms with Crippen LogP contribution in [0.3, 0.4) is 0 Å². The van der Waals surface area contributed by atoms with Crippen molar-refractivity contribution < 1.29 is 84.3 Å². The Kier molecular flexibility index (Phi) is 15.8. The van der Waals surface area contributed by atoms with Crippen LogP contribution in [0.4, 0.5) is 21.4 Å². The Morgan fingerprint density at radius 1 is 1.16 bits per heavy atom. The van der Waals surface area contributed by atoms with E-state index in [0.717, 1.165) is 21.3 Å². The number of nitrogen functional groups attached to an aromatic ring is 2. The molecule has 0 saturated carbocycles. The van der Waals surface area contributed by atoms with Crippen molar-refractivity contribution in [2.24, 2.45) is 17.9 Å². The van der Waals surface area contributed by atoms with Gasteiger partial charge >= 0.3 is 28.4 Å². The number of carboxylic acid groups (broad SMARTS) is 3. The molecule has 3 saturated heterocycles. The number of nitrogens with one attached hydrogen (secondary N) is 3. The maximum absolute atomic E-state index is 13.2. The number of nitrogens with zero attached hydrogens (tertiary/aromatic N) is 10. The molecule has 0 spiro atoms. The quantitative estimate of drug-likeness (QED) is 0.0223. The van der Waals surface area contributed by atoms with Crippen LogP contribution in [0.1, 0.15) is 33.0 Å². The molecule has 5 amide bonds. The molecule has 37 heteroatoms. The number of oxime groups is 1. The van der Waals surface area contributed by atoms with E-state index in [-0.39, 0.29) is 66.5 Å². The minimum absolute atomic E-state index is 0.0106. The average Bonchev–Trinajstić information content (AvgIpc) is 4.02. The number of aromatic nitrogens is 7. The van der Waals surface area contributed by atoms with Gasteiger partial charge in [0.25, 0.3) is 11.8 Å². The first kappa shape index (κ1) is 53.9. The largest absolute Gasteiger partial charge is 0.543 e. The minimum Gasteiger partial charge on any atom is -0.543 e. The van der Waals surface area contributed by atoms with Gasteiger partial charge in [0, 0.05) is 42.1 Å². The summed E-state index contributed by atoms with van der Waals surface area (Å²) in [6.07, 6.45) is 4.18. The van der Waals surface area contributed by atoms with Gasteiger partial charge in [-0.2, -0.15) is 17.8 Å². The van der Waals surface area contributed by atoms with E-state index in [1.54, 1.807) is 11.7 Å². The van der Waals surface area contributed by atoms with E-state index in [2.05, 4.69) is 40.8 Å². The standard InChI is InChI=1S/C23H30N12O8S2.C10H12N4O5S.H2O4S/c1-23(2,20(40)41)43-31-11(15-30-21(26)45-32-15)16(36)29-12-17(37)35-13(19(38)39)9(8-44-18(12)35)6-34-7-10(14(25)33(34)3)28-22(42)27-5-4-24;1-10(5-13-3-2-11-12-13)8(9(16)17)14-6(15)4-7(14)20(10,18)19;1-5(2,3)4/h7,12,18,25H,4-6,8,24H2,1-3H3,(H7,26,27,28,29,30,32,36,38,39,40,41,42);2-3,7-8H,4-5H2,1H3,(H,16,17);(H2,1,2,3,4)/b31-11-;;/t12-,18-;7-,8+,10+;/m11./s1. The van der Waals surface area contributed by atoms with E-state index < -0.39 is 101 Å². The normalized spacial score (nSPS) is 22.4. The molecule has 7 rings (SSSR count). The lowest BCUT2D eigenvalue weighted by molar-refractivity contribution is -0.765. The highest BCUT2D eigenvalue weighted by Gasteiger charge is 2.70. The number of nitrogens with two attached hydrogens (primary N) is 3. The van der Waals surface area contributed by atoms with Crippen LogP contribution in [0, 0.1) is 0 Å². The fraction of sp³-hybridized carbons (Fsp3) is 0.485. The lowest BCUT2D eigenvalue weighted by Crippen LogP contribution is -2.71. The second kappa shape index (κ2) is 20.5. The summed E-state index contributed by atoms with van der Waals surface area (Å²) in [5.41, 5.74) is 15.0. The van der Waals surface area contributed by atoms with Crippen molar-refractivity contribution in [3.8, 4) is 0 Å². The fourth-order valence-corrected chi connectivity index (χ4v) is 11.2. The van der Waals surface area contributed by atoms with Crippen molar-refractivity contribution in [1.29, 1.82) is 0 Å². The molecule has 4 aliphatic heterocycles. The van der Waals surface area contributed by atoms with E-state index >= 15 is 0 Å². The van der Waals surface area contributed by atoms with Gasteiger partial charge in [-0.15, -0.1) is 26.2 Å². The van der Waals surface area contributed by atoms with Crippen LogP contribution in [0.2, 0.25) is 0 Å². The Morgan fingerprint density at radius 3 is 2.34 bits per heavy atom. The maximum atomic E-state index is 13.2. The number of sulfone groups is 1. The molecule has 0 aromatic carbocycles. The van der Waals surface area contributed by atoms with Crippen molar-refractivity contribution in [2.75, 3.05) is 35.6 Å². The molecule has 70 heavy (non-hydrogen) atoms. The van der Waals surface area contributed by atoms with E-state index in [1.165, 1.54) is 60.5 Å². The van der Waals surface area contributed by atoms with Crippen LogP contribution in [0.15, 0.2) is 35.0 Å².